The molecule has 2 aliphatic heterocycles. The van der Waals surface area contributed by atoms with Crippen LogP contribution >= 0.6 is 11.6 Å². The second kappa shape index (κ2) is 5.76. The molecule has 0 spiro atoms. The maximum atomic E-state index is 12.8. The molecule has 0 aromatic heterocycles. The van der Waals surface area contributed by atoms with Crippen LogP contribution in [-0.2, 0) is 21.0 Å². The number of benzene rings is 2. The zero-order valence-corrected chi connectivity index (χ0v) is 13.3. The smallest absolute Gasteiger partial charge is 0.274 e. The van der Waals surface area contributed by atoms with Crippen LogP contribution in [-0.4, -0.2) is 28.5 Å². The van der Waals surface area contributed by atoms with E-state index in [0.717, 1.165) is 11.1 Å². The van der Waals surface area contributed by atoms with Crippen molar-refractivity contribution in [1.29, 1.82) is 0 Å². The lowest BCUT2D eigenvalue weighted by Crippen LogP contribution is -2.32. The Morgan fingerprint density at radius 3 is 2.42 bits per heavy atom. The maximum absolute atomic E-state index is 12.8. The van der Waals surface area contributed by atoms with Crippen molar-refractivity contribution >= 4 is 29.1 Å². The van der Waals surface area contributed by atoms with E-state index in [1.807, 2.05) is 30.3 Å². The van der Waals surface area contributed by atoms with Gasteiger partial charge in [0.1, 0.15) is 11.6 Å². The lowest BCUT2D eigenvalue weighted by Gasteiger charge is -2.15. The van der Waals surface area contributed by atoms with Gasteiger partial charge in [-0.1, -0.05) is 59.2 Å². The van der Waals surface area contributed by atoms with Crippen LogP contribution in [0.5, 0.6) is 0 Å². The predicted molar refractivity (Wildman–Crippen MR) is 88.4 cm³/mol. The fourth-order valence-corrected chi connectivity index (χ4v) is 3.14. The standard InChI is InChI=1S/C18H13ClN2O3/c19-13-8-6-12(7-9-13)15-14-16(24-20-15)18(23)21(17(14)22)10-11-4-2-1-3-5-11/h1-9,14,16H,10H2. The highest BCUT2D eigenvalue weighted by molar-refractivity contribution is 6.31. The summed E-state index contributed by atoms with van der Waals surface area (Å²) < 4.78 is 0. The van der Waals surface area contributed by atoms with Crippen molar-refractivity contribution in [2.75, 3.05) is 0 Å². The van der Waals surface area contributed by atoms with E-state index in [-0.39, 0.29) is 18.4 Å². The van der Waals surface area contributed by atoms with Gasteiger partial charge in [0.15, 0.2) is 0 Å². The SMILES string of the molecule is O=C1C2ON=C(c3ccc(Cl)cc3)C2C(=O)N1Cc1ccccc1. The van der Waals surface area contributed by atoms with Crippen molar-refractivity contribution in [2.45, 2.75) is 12.6 Å². The van der Waals surface area contributed by atoms with E-state index in [1.165, 1.54) is 4.90 Å². The van der Waals surface area contributed by atoms with Crippen LogP contribution in [0, 0.1) is 5.92 Å². The highest BCUT2D eigenvalue weighted by Crippen LogP contribution is 2.33. The molecule has 2 aliphatic rings. The first-order valence-corrected chi connectivity index (χ1v) is 7.92. The summed E-state index contributed by atoms with van der Waals surface area (Å²) in [4.78, 5) is 31.8. The molecule has 2 amide bonds. The van der Waals surface area contributed by atoms with Gasteiger partial charge in [0.25, 0.3) is 5.91 Å². The Hall–Kier alpha value is -2.66. The zero-order valence-electron chi connectivity index (χ0n) is 12.6. The first kappa shape index (κ1) is 14.9. The maximum Gasteiger partial charge on any atom is 0.274 e. The van der Waals surface area contributed by atoms with Gasteiger partial charge in [-0.25, -0.2) is 0 Å². The third-order valence-corrected chi connectivity index (χ3v) is 4.48. The van der Waals surface area contributed by atoms with Crippen LogP contribution in [0.1, 0.15) is 11.1 Å². The number of amides is 2. The van der Waals surface area contributed by atoms with E-state index in [4.69, 9.17) is 16.4 Å². The van der Waals surface area contributed by atoms with Gasteiger partial charge in [-0.05, 0) is 17.7 Å². The predicted octanol–water partition coefficient (Wildman–Crippen LogP) is 2.63. The second-order valence-electron chi connectivity index (χ2n) is 5.74. The van der Waals surface area contributed by atoms with Crippen LogP contribution in [0.4, 0.5) is 0 Å². The van der Waals surface area contributed by atoms with Gasteiger partial charge in [-0.2, -0.15) is 0 Å². The van der Waals surface area contributed by atoms with E-state index in [9.17, 15) is 9.59 Å². The summed E-state index contributed by atoms with van der Waals surface area (Å²) in [5, 5.41) is 4.56. The Kier molecular flexibility index (Phi) is 3.58. The van der Waals surface area contributed by atoms with E-state index in [0.29, 0.717) is 10.7 Å². The van der Waals surface area contributed by atoms with E-state index in [1.54, 1.807) is 24.3 Å². The van der Waals surface area contributed by atoms with Crippen LogP contribution < -0.4 is 0 Å². The van der Waals surface area contributed by atoms with Crippen LogP contribution in [0.15, 0.2) is 59.8 Å². The molecule has 2 aromatic carbocycles. The number of rotatable bonds is 3. The quantitative estimate of drug-likeness (QED) is 0.807. The van der Waals surface area contributed by atoms with Crippen LogP contribution in [0.2, 0.25) is 5.02 Å². The highest BCUT2D eigenvalue weighted by atomic mass is 35.5. The van der Waals surface area contributed by atoms with Crippen molar-refractivity contribution < 1.29 is 14.4 Å². The molecule has 2 atom stereocenters. The molecule has 24 heavy (non-hydrogen) atoms. The summed E-state index contributed by atoms with van der Waals surface area (Å²) in [6.07, 6.45) is -0.869. The Morgan fingerprint density at radius 2 is 1.71 bits per heavy atom. The number of halogens is 1. The first-order valence-electron chi connectivity index (χ1n) is 7.54. The average molecular weight is 341 g/mol. The number of carbonyl (C=O) groups excluding carboxylic acids is 2. The lowest BCUT2D eigenvalue weighted by atomic mass is 9.94. The molecule has 2 aromatic rings. The number of likely N-dealkylation sites (tertiary alicyclic amines) is 1. The molecule has 4 rings (SSSR count). The monoisotopic (exact) mass is 340 g/mol. The molecule has 5 nitrogen and oxygen atoms in total. The number of hydrogen-bond donors (Lipinski definition) is 0. The minimum Gasteiger partial charge on any atom is -0.381 e. The number of oxime groups is 1. The molecule has 1 fully saturated rings. The molecule has 0 N–H and O–H groups in total. The van der Waals surface area contributed by atoms with E-state index in [2.05, 4.69) is 5.16 Å². The normalized spacial score (nSPS) is 22.4. The van der Waals surface area contributed by atoms with Crippen molar-refractivity contribution in [3.05, 3.63) is 70.7 Å². The Balaban J connectivity index is 1.61. The van der Waals surface area contributed by atoms with Crippen molar-refractivity contribution in [3.63, 3.8) is 0 Å². The molecule has 0 bridgehead atoms. The van der Waals surface area contributed by atoms with Crippen LogP contribution in [0.3, 0.4) is 0 Å². The molecule has 1 saturated heterocycles. The molecule has 0 saturated carbocycles. The van der Waals surface area contributed by atoms with E-state index >= 15 is 0 Å². The molecule has 6 heteroatoms. The Labute approximate surface area is 143 Å². The molecule has 0 aliphatic carbocycles. The number of nitrogens with zero attached hydrogens (tertiary/aromatic N) is 2. The van der Waals surface area contributed by atoms with Gasteiger partial charge in [-0.15, -0.1) is 0 Å². The van der Waals surface area contributed by atoms with Crippen molar-refractivity contribution in [2.24, 2.45) is 11.1 Å². The second-order valence-corrected chi connectivity index (χ2v) is 6.17. The van der Waals surface area contributed by atoms with Crippen LogP contribution in [0.25, 0.3) is 0 Å². The highest BCUT2D eigenvalue weighted by Gasteiger charge is 2.55. The van der Waals surface area contributed by atoms with Gasteiger partial charge >= 0.3 is 0 Å². The summed E-state index contributed by atoms with van der Waals surface area (Å²) in [5.41, 5.74) is 2.10. The minimum absolute atomic E-state index is 0.239. The zero-order chi connectivity index (χ0) is 16.7. The van der Waals surface area contributed by atoms with Crippen molar-refractivity contribution in [3.8, 4) is 0 Å². The Morgan fingerprint density at radius 1 is 1.00 bits per heavy atom. The largest absolute Gasteiger partial charge is 0.381 e. The summed E-state index contributed by atoms with van der Waals surface area (Å²) in [7, 11) is 0. The van der Waals surface area contributed by atoms with Crippen molar-refractivity contribution in [1.82, 2.24) is 4.90 Å². The van der Waals surface area contributed by atoms with E-state index < -0.39 is 12.0 Å². The number of fused-ring (bicyclic) bond motifs is 1. The van der Waals surface area contributed by atoms with Gasteiger partial charge in [-0.3, -0.25) is 14.5 Å². The summed E-state index contributed by atoms with van der Waals surface area (Å²) in [5.74, 6) is -1.32. The van der Waals surface area contributed by atoms with Gasteiger partial charge in [0.2, 0.25) is 12.0 Å². The lowest BCUT2D eigenvalue weighted by molar-refractivity contribution is -0.142. The molecule has 0 radical (unpaired) electrons. The number of carbonyl (C=O) groups is 2. The molecular formula is C18H13ClN2O3. The summed E-state index contributed by atoms with van der Waals surface area (Å²) in [6, 6.07) is 16.4. The van der Waals surface area contributed by atoms with Gasteiger partial charge in [0, 0.05) is 10.6 Å². The number of hydrogen-bond acceptors (Lipinski definition) is 4. The minimum atomic E-state index is -0.869. The third kappa shape index (κ3) is 2.37. The summed E-state index contributed by atoms with van der Waals surface area (Å²) in [6.45, 7) is 0.239. The fourth-order valence-electron chi connectivity index (χ4n) is 3.01. The molecule has 2 heterocycles. The first-order chi connectivity index (χ1) is 11.6. The fraction of sp³-hybridized carbons (Fsp3) is 0.167. The number of imide groups is 1. The average Bonchev–Trinajstić information content (AvgIpc) is 3.13. The Bertz CT molecular complexity index is 833. The van der Waals surface area contributed by atoms with Gasteiger partial charge in [0.05, 0.1) is 6.54 Å². The molecule has 120 valence electrons. The third-order valence-electron chi connectivity index (χ3n) is 4.23. The van der Waals surface area contributed by atoms with Gasteiger partial charge < -0.3 is 4.84 Å². The topological polar surface area (TPSA) is 59.0 Å². The molecular weight excluding hydrogens is 328 g/mol. The molecule has 2 unspecified atom stereocenters. The summed E-state index contributed by atoms with van der Waals surface area (Å²) >= 11 is 5.89.